The largest absolute Gasteiger partial charge is 0.497 e. The number of piperazine rings is 1. The lowest BCUT2D eigenvalue weighted by atomic mass is 10.2. The van der Waals surface area contributed by atoms with Gasteiger partial charge in [0.1, 0.15) is 11.3 Å². The van der Waals surface area contributed by atoms with Crippen LogP contribution in [-0.4, -0.2) is 70.4 Å². The molecule has 1 atom stereocenters. The molecule has 1 aliphatic rings. The quantitative estimate of drug-likeness (QED) is 0.583. The van der Waals surface area contributed by atoms with Crippen molar-refractivity contribution in [3.05, 3.63) is 29.8 Å². The molecule has 29 heavy (non-hydrogen) atoms. The Kier molecular flexibility index (Phi) is 5.32. The third-order valence-electron chi connectivity index (χ3n) is 4.79. The first-order valence-corrected chi connectivity index (χ1v) is 9.91. The van der Waals surface area contributed by atoms with Gasteiger partial charge in [-0.3, -0.25) is 0 Å². The molecule has 0 saturated carbocycles. The normalized spacial score (nSPS) is 16.8. The molecule has 1 aromatic carbocycles. The maximum absolute atomic E-state index is 12.8. The minimum atomic E-state index is -0.396. The summed E-state index contributed by atoms with van der Waals surface area (Å²) in [6.45, 7) is 1.20. The van der Waals surface area contributed by atoms with E-state index in [0.717, 1.165) is 0 Å². The van der Waals surface area contributed by atoms with Gasteiger partial charge >= 0.3 is 6.03 Å². The highest BCUT2D eigenvalue weighted by Gasteiger charge is 2.32. The first-order valence-electron chi connectivity index (χ1n) is 9.03. The van der Waals surface area contributed by atoms with Gasteiger partial charge in [0.05, 0.1) is 25.3 Å². The molecule has 0 spiro atoms. The topological polar surface area (TPSA) is 130 Å². The predicted molar refractivity (Wildman–Crippen MR) is 111 cm³/mol. The standard InChI is InChI=1S/C18H21N7O3S/c1-28-13-4-2-11(3-5-13)21-18(27)25-7-6-24(8-12(25)9-26)15-14-16(29-10-20-14)23-17(19)22-15/h2-5,10,12,26H,6-9H2,1H3,(H,21,27)(H2,19,22,23)/t12-/m1/s1. The molecule has 10 nitrogen and oxygen atoms in total. The Morgan fingerprint density at radius 2 is 2.14 bits per heavy atom. The minimum absolute atomic E-state index is 0.173. The summed E-state index contributed by atoms with van der Waals surface area (Å²) in [5, 5.41) is 12.8. The van der Waals surface area contributed by atoms with Crippen molar-refractivity contribution in [2.75, 3.05) is 49.3 Å². The molecule has 0 bridgehead atoms. The number of fused-ring (bicyclic) bond motifs is 1. The summed E-state index contributed by atoms with van der Waals surface area (Å²) in [5.74, 6) is 1.52. The van der Waals surface area contributed by atoms with Crippen molar-refractivity contribution in [3.8, 4) is 5.75 Å². The fourth-order valence-electron chi connectivity index (χ4n) is 3.32. The van der Waals surface area contributed by atoms with E-state index in [-0.39, 0.29) is 18.6 Å². The van der Waals surface area contributed by atoms with Gasteiger partial charge in [-0.15, -0.1) is 11.3 Å². The van der Waals surface area contributed by atoms with Crippen molar-refractivity contribution in [2.45, 2.75) is 6.04 Å². The fourth-order valence-corrected chi connectivity index (χ4v) is 3.98. The minimum Gasteiger partial charge on any atom is -0.497 e. The second-order valence-electron chi connectivity index (χ2n) is 6.55. The van der Waals surface area contributed by atoms with Crippen molar-refractivity contribution >= 4 is 45.2 Å². The summed E-state index contributed by atoms with van der Waals surface area (Å²) in [6, 6.07) is 6.42. The Morgan fingerprint density at radius 1 is 1.34 bits per heavy atom. The number of nitrogen functional groups attached to an aromatic ring is 1. The molecule has 0 aliphatic carbocycles. The number of benzene rings is 1. The summed E-state index contributed by atoms with van der Waals surface area (Å²) in [4.78, 5) is 30.0. The van der Waals surface area contributed by atoms with Crippen molar-refractivity contribution in [3.63, 3.8) is 0 Å². The third-order valence-corrected chi connectivity index (χ3v) is 5.51. The van der Waals surface area contributed by atoms with Crippen molar-refractivity contribution in [1.29, 1.82) is 0 Å². The van der Waals surface area contributed by atoms with Gasteiger partial charge in [-0.05, 0) is 24.3 Å². The Hall–Kier alpha value is -3.18. The van der Waals surface area contributed by atoms with Crippen molar-refractivity contribution < 1.29 is 14.6 Å². The highest BCUT2D eigenvalue weighted by molar-refractivity contribution is 7.16. The number of nitrogens with one attached hydrogen (secondary N) is 1. The van der Waals surface area contributed by atoms with E-state index in [2.05, 4.69) is 20.3 Å². The van der Waals surface area contributed by atoms with Crippen LogP contribution in [0.1, 0.15) is 0 Å². The van der Waals surface area contributed by atoms with E-state index in [9.17, 15) is 9.90 Å². The number of aromatic nitrogens is 3. The maximum atomic E-state index is 12.8. The number of ether oxygens (including phenoxy) is 1. The van der Waals surface area contributed by atoms with E-state index < -0.39 is 6.04 Å². The predicted octanol–water partition coefficient (Wildman–Crippen LogP) is 1.39. The zero-order chi connectivity index (χ0) is 20.4. The summed E-state index contributed by atoms with van der Waals surface area (Å²) < 4.78 is 5.13. The average molecular weight is 415 g/mol. The van der Waals surface area contributed by atoms with E-state index in [4.69, 9.17) is 10.5 Å². The number of carbonyl (C=O) groups is 1. The number of carbonyl (C=O) groups excluding carboxylic acids is 1. The van der Waals surface area contributed by atoms with E-state index in [1.54, 1.807) is 41.8 Å². The number of hydrogen-bond acceptors (Lipinski definition) is 9. The van der Waals surface area contributed by atoms with E-state index in [0.29, 0.717) is 47.2 Å². The highest BCUT2D eigenvalue weighted by atomic mass is 32.1. The number of rotatable bonds is 4. The molecule has 0 radical (unpaired) electrons. The number of methoxy groups -OCH3 is 1. The van der Waals surface area contributed by atoms with Crippen LogP contribution >= 0.6 is 11.3 Å². The molecule has 1 fully saturated rings. The number of nitrogens with two attached hydrogens (primary N) is 1. The van der Waals surface area contributed by atoms with Crippen LogP contribution in [0.4, 0.5) is 22.2 Å². The number of aliphatic hydroxyl groups excluding tert-OH is 1. The zero-order valence-corrected chi connectivity index (χ0v) is 16.6. The van der Waals surface area contributed by atoms with E-state index in [1.165, 1.54) is 11.3 Å². The van der Waals surface area contributed by atoms with Gasteiger partial charge in [0, 0.05) is 25.3 Å². The number of amides is 2. The number of thiazole rings is 1. The SMILES string of the molecule is COc1ccc(NC(=O)N2CCN(c3nc(N)nc4scnc34)C[C@@H]2CO)cc1. The second kappa shape index (κ2) is 8.05. The number of aliphatic hydroxyl groups is 1. The number of hydrogen-bond donors (Lipinski definition) is 3. The van der Waals surface area contributed by atoms with Crippen LogP contribution < -0.4 is 20.7 Å². The molecule has 1 aliphatic heterocycles. The summed E-state index contributed by atoms with van der Waals surface area (Å²) in [6.07, 6.45) is 0. The van der Waals surface area contributed by atoms with Crippen LogP contribution in [-0.2, 0) is 0 Å². The van der Waals surface area contributed by atoms with Gasteiger partial charge in [0.25, 0.3) is 0 Å². The monoisotopic (exact) mass is 415 g/mol. The van der Waals surface area contributed by atoms with Crippen molar-refractivity contribution in [2.24, 2.45) is 0 Å². The van der Waals surface area contributed by atoms with Crippen LogP contribution in [0.25, 0.3) is 10.3 Å². The molecule has 152 valence electrons. The Labute approximate surface area is 170 Å². The smallest absolute Gasteiger partial charge is 0.322 e. The lowest BCUT2D eigenvalue weighted by Gasteiger charge is -2.41. The molecule has 4 N–H and O–H groups in total. The molecule has 2 aromatic heterocycles. The van der Waals surface area contributed by atoms with Gasteiger partial charge in [-0.1, -0.05) is 0 Å². The Balaban J connectivity index is 1.49. The molecule has 4 rings (SSSR count). The molecule has 1 saturated heterocycles. The van der Waals surface area contributed by atoms with Crippen LogP contribution in [0.5, 0.6) is 5.75 Å². The van der Waals surface area contributed by atoms with Gasteiger partial charge in [0.2, 0.25) is 5.95 Å². The van der Waals surface area contributed by atoms with Gasteiger partial charge in [0.15, 0.2) is 10.6 Å². The van der Waals surface area contributed by atoms with Crippen LogP contribution in [0.2, 0.25) is 0 Å². The first-order chi connectivity index (χ1) is 14.1. The molecule has 2 amide bonds. The first kappa shape index (κ1) is 19.2. The summed E-state index contributed by atoms with van der Waals surface area (Å²) in [7, 11) is 1.59. The third kappa shape index (κ3) is 3.87. The van der Waals surface area contributed by atoms with E-state index >= 15 is 0 Å². The van der Waals surface area contributed by atoms with Crippen LogP contribution in [0, 0.1) is 0 Å². The Morgan fingerprint density at radius 3 is 2.86 bits per heavy atom. The van der Waals surface area contributed by atoms with Crippen LogP contribution in [0.3, 0.4) is 0 Å². The maximum Gasteiger partial charge on any atom is 0.322 e. The summed E-state index contributed by atoms with van der Waals surface area (Å²) >= 11 is 1.39. The zero-order valence-electron chi connectivity index (χ0n) is 15.8. The number of urea groups is 1. The fraction of sp³-hybridized carbons (Fsp3) is 0.333. The molecule has 3 heterocycles. The molecular weight excluding hydrogens is 394 g/mol. The molecular formula is C18H21N7O3S. The lowest BCUT2D eigenvalue weighted by molar-refractivity contribution is 0.132. The van der Waals surface area contributed by atoms with Gasteiger partial charge < -0.3 is 30.7 Å². The van der Waals surface area contributed by atoms with E-state index in [1.807, 2.05) is 4.90 Å². The average Bonchev–Trinajstić information content (AvgIpc) is 3.21. The Bertz CT molecular complexity index is 1010. The lowest BCUT2D eigenvalue weighted by Crippen LogP contribution is -2.58. The molecule has 3 aromatic rings. The number of nitrogens with zero attached hydrogens (tertiary/aromatic N) is 5. The van der Waals surface area contributed by atoms with Gasteiger partial charge in [-0.25, -0.2) is 14.8 Å². The van der Waals surface area contributed by atoms with Gasteiger partial charge in [-0.2, -0.15) is 4.98 Å². The number of anilines is 3. The molecule has 0 unspecified atom stereocenters. The van der Waals surface area contributed by atoms with Crippen molar-refractivity contribution in [1.82, 2.24) is 19.9 Å². The summed E-state index contributed by atoms with van der Waals surface area (Å²) in [5.41, 5.74) is 8.87. The van der Waals surface area contributed by atoms with Crippen LogP contribution in [0.15, 0.2) is 29.8 Å². The molecule has 11 heteroatoms. The second-order valence-corrected chi connectivity index (χ2v) is 7.38. The highest BCUT2D eigenvalue weighted by Crippen LogP contribution is 2.28.